The van der Waals surface area contributed by atoms with Gasteiger partial charge in [0.2, 0.25) is 0 Å². The maximum absolute atomic E-state index is 11.8. The minimum Gasteiger partial charge on any atom is -0.478 e. The number of aromatic nitrogens is 2. The number of carboxylic acids is 1. The number of nitrogens with zero attached hydrogens (tertiary/aromatic N) is 2. The first-order valence-electron chi connectivity index (χ1n) is 13.5. The maximum Gasteiger partial charge on any atom is 0.339 e. The predicted molar refractivity (Wildman–Crippen MR) is 154 cm³/mol. The highest BCUT2D eigenvalue weighted by Gasteiger charge is 2.28. The Kier molecular flexibility index (Phi) is 8.57. The molecule has 0 fully saturated rings. The molecule has 0 aliphatic heterocycles. The highest BCUT2D eigenvalue weighted by molar-refractivity contribution is 5.91. The topological polar surface area (TPSA) is 90.5 Å². The standard InChI is InChI=1S/C31H40N4O3/c1-6-21(3)27-18-31(4,5)12-10-23(27)20-35(7-2)15-14-32-24-8-9-26(30(36)37)28(17-24)38-25-16-22-11-13-33-29(22)34-19-25/h6,8-9,11,13,16-17,19,32H,7,10,12,14-15,18,20H2,1-5H3,(H,33,34)(H,36,37)/b21-6+. The van der Waals surface area contributed by atoms with Crippen molar-refractivity contribution in [2.45, 2.75) is 53.9 Å². The Labute approximate surface area is 225 Å². The third-order valence-corrected chi connectivity index (χ3v) is 7.53. The number of anilines is 1. The fraction of sp³-hybridized carbons (Fsp3) is 0.419. The Morgan fingerprint density at radius 2 is 2.11 bits per heavy atom. The van der Waals surface area contributed by atoms with E-state index in [2.05, 4.69) is 60.9 Å². The van der Waals surface area contributed by atoms with Crippen LogP contribution >= 0.6 is 0 Å². The molecule has 0 unspecified atom stereocenters. The molecule has 38 heavy (non-hydrogen) atoms. The van der Waals surface area contributed by atoms with Crippen molar-refractivity contribution in [2.75, 3.05) is 31.5 Å². The van der Waals surface area contributed by atoms with E-state index in [0.29, 0.717) is 11.2 Å². The van der Waals surface area contributed by atoms with Gasteiger partial charge in [0.25, 0.3) is 0 Å². The maximum atomic E-state index is 11.8. The van der Waals surface area contributed by atoms with Crippen LogP contribution in [0.25, 0.3) is 11.0 Å². The van der Waals surface area contributed by atoms with Gasteiger partial charge in [0.15, 0.2) is 0 Å². The summed E-state index contributed by atoms with van der Waals surface area (Å²) < 4.78 is 5.98. The summed E-state index contributed by atoms with van der Waals surface area (Å²) >= 11 is 0. The number of rotatable bonds is 11. The van der Waals surface area contributed by atoms with Crippen molar-refractivity contribution in [3.63, 3.8) is 0 Å². The molecule has 3 aromatic rings. The molecule has 7 heteroatoms. The van der Waals surface area contributed by atoms with Crippen molar-refractivity contribution < 1.29 is 14.6 Å². The molecule has 2 aromatic heterocycles. The van der Waals surface area contributed by atoms with Crippen molar-refractivity contribution in [3.05, 3.63) is 71.1 Å². The molecule has 0 radical (unpaired) electrons. The summed E-state index contributed by atoms with van der Waals surface area (Å²) in [6.07, 6.45) is 9.15. The van der Waals surface area contributed by atoms with Crippen LogP contribution in [0, 0.1) is 5.41 Å². The quantitative estimate of drug-likeness (QED) is 0.248. The predicted octanol–water partition coefficient (Wildman–Crippen LogP) is 7.26. The number of fused-ring (bicyclic) bond motifs is 1. The molecule has 0 spiro atoms. The van der Waals surface area contributed by atoms with Crippen LogP contribution in [0.3, 0.4) is 0 Å². The molecular weight excluding hydrogens is 476 g/mol. The lowest BCUT2D eigenvalue weighted by atomic mass is 9.72. The Balaban J connectivity index is 1.43. The second-order valence-electron chi connectivity index (χ2n) is 10.9. The molecule has 2 heterocycles. The van der Waals surface area contributed by atoms with Crippen molar-refractivity contribution >= 4 is 22.7 Å². The van der Waals surface area contributed by atoms with Crippen molar-refractivity contribution in [3.8, 4) is 11.5 Å². The molecule has 202 valence electrons. The number of ether oxygens (including phenoxy) is 1. The molecule has 1 aliphatic carbocycles. The van der Waals surface area contributed by atoms with E-state index < -0.39 is 5.97 Å². The SMILES string of the molecule is C/C=C(\C)C1=C(CN(CC)CCNc2ccc(C(=O)O)c(Oc3cnc4[nH]ccc4c3)c2)CCC(C)(C)C1. The lowest BCUT2D eigenvalue weighted by Gasteiger charge is -2.35. The third-order valence-electron chi connectivity index (χ3n) is 7.53. The van der Waals surface area contributed by atoms with Crippen LogP contribution in [0.4, 0.5) is 5.69 Å². The average Bonchev–Trinajstić information content (AvgIpc) is 3.36. The molecule has 7 nitrogen and oxygen atoms in total. The summed E-state index contributed by atoms with van der Waals surface area (Å²) in [6, 6.07) is 8.87. The number of carbonyl (C=O) groups is 1. The number of hydrogen-bond acceptors (Lipinski definition) is 5. The first-order chi connectivity index (χ1) is 18.2. The fourth-order valence-electron chi connectivity index (χ4n) is 5.07. The van der Waals surface area contributed by atoms with Crippen molar-refractivity contribution in [1.82, 2.24) is 14.9 Å². The molecule has 3 N–H and O–H groups in total. The lowest BCUT2D eigenvalue weighted by Crippen LogP contribution is -2.33. The van der Waals surface area contributed by atoms with E-state index in [1.165, 1.54) is 17.6 Å². The van der Waals surface area contributed by atoms with E-state index in [1.807, 2.05) is 18.3 Å². The summed E-state index contributed by atoms with van der Waals surface area (Å²) in [4.78, 5) is 21.7. The van der Waals surface area contributed by atoms with Crippen LogP contribution in [0.5, 0.6) is 11.5 Å². The number of nitrogens with one attached hydrogen (secondary N) is 2. The minimum atomic E-state index is -1.03. The molecule has 0 atom stereocenters. The van der Waals surface area contributed by atoms with Gasteiger partial charge in [-0.15, -0.1) is 0 Å². The summed E-state index contributed by atoms with van der Waals surface area (Å²) in [5.74, 6) is -0.256. The van der Waals surface area contributed by atoms with Gasteiger partial charge in [-0.25, -0.2) is 9.78 Å². The Hall–Kier alpha value is -3.58. The van der Waals surface area contributed by atoms with Gasteiger partial charge in [0, 0.05) is 43.0 Å². The second kappa shape index (κ2) is 11.9. The van der Waals surface area contributed by atoms with Gasteiger partial charge in [0.05, 0.1) is 6.20 Å². The van der Waals surface area contributed by atoms with Gasteiger partial charge in [-0.1, -0.05) is 38.0 Å². The van der Waals surface area contributed by atoms with Gasteiger partial charge in [0.1, 0.15) is 22.7 Å². The zero-order chi connectivity index (χ0) is 27.3. The van der Waals surface area contributed by atoms with E-state index in [-0.39, 0.29) is 11.3 Å². The summed E-state index contributed by atoms with van der Waals surface area (Å²) in [7, 11) is 0. The van der Waals surface area contributed by atoms with E-state index >= 15 is 0 Å². The highest BCUT2D eigenvalue weighted by atomic mass is 16.5. The molecule has 4 rings (SSSR count). The minimum absolute atomic E-state index is 0.110. The van der Waals surface area contributed by atoms with Crippen molar-refractivity contribution in [1.29, 1.82) is 0 Å². The molecule has 0 amide bonds. The first kappa shape index (κ1) is 27.5. The van der Waals surface area contributed by atoms with Crippen LogP contribution < -0.4 is 10.1 Å². The van der Waals surface area contributed by atoms with Crippen molar-refractivity contribution in [2.24, 2.45) is 5.41 Å². The lowest BCUT2D eigenvalue weighted by molar-refractivity contribution is 0.0694. The van der Waals surface area contributed by atoms with Gasteiger partial charge in [-0.05, 0) is 74.9 Å². The summed E-state index contributed by atoms with van der Waals surface area (Å²) in [5.41, 5.74) is 6.54. The molecular formula is C31H40N4O3. The number of allylic oxidation sites excluding steroid dienone is 3. The van der Waals surface area contributed by atoms with Gasteiger partial charge >= 0.3 is 5.97 Å². The van der Waals surface area contributed by atoms with Gasteiger partial charge < -0.3 is 20.1 Å². The molecule has 0 saturated carbocycles. The number of hydrogen-bond donors (Lipinski definition) is 3. The zero-order valence-corrected chi connectivity index (χ0v) is 23.2. The van der Waals surface area contributed by atoms with Crippen LogP contribution in [-0.2, 0) is 0 Å². The second-order valence-corrected chi connectivity index (χ2v) is 10.9. The summed E-state index contributed by atoms with van der Waals surface area (Å²) in [5, 5.41) is 14.0. The third kappa shape index (κ3) is 6.64. The summed E-state index contributed by atoms with van der Waals surface area (Å²) in [6.45, 7) is 14.9. The average molecular weight is 517 g/mol. The number of carboxylic acid groups (broad SMARTS) is 1. The van der Waals surface area contributed by atoms with E-state index in [0.717, 1.165) is 55.7 Å². The van der Waals surface area contributed by atoms with Crippen LogP contribution in [-0.4, -0.2) is 52.1 Å². The fourth-order valence-corrected chi connectivity index (χ4v) is 5.07. The number of H-pyrrole nitrogens is 1. The molecule has 1 aromatic carbocycles. The number of aromatic carboxylic acids is 1. The van der Waals surface area contributed by atoms with Gasteiger partial charge in [-0.2, -0.15) is 0 Å². The van der Waals surface area contributed by atoms with Crippen LogP contribution in [0.1, 0.15) is 64.2 Å². The molecule has 1 aliphatic rings. The molecule has 0 bridgehead atoms. The smallest absolute Gasteiger partial charge is 0.339 e. The van der Waals surface area contributed by atoms with E-state index in [1.54, 1.807) is 30.0 Å². The Morgan fingerprint density at radius 1 is 1.29 bits per heavy atom. The Bertz CT molecular complexity index is 1350. The monoisotopic (exact) mass is 516 g/mol. The number of aromatic amines is 1. The largest absolute Gasteiger partial charge is 0.478 e. The highest BCUT2D eigenvalue weighted by Crippen LogP contribution is 2.41. The first-order valence-corrected chi connectivity index (χ1v) is 13.5. The molecule has 0 saturated heterocycles. The zero-order valence-electron chi connectivity index (χ0n) is 23.2. The number of benzene rings is 1. The van der Waals surface area contributed by atoms with E-state index in [9.17, 15) is 9.90 Å². The van der Waals surface area contributed by atoms with Gasteiger partial charge in [-0.3, -0.25) is 4.90 Å². The normalized spacial score (nSPS) is 15.8. The van der Waals surface area contributed by atoms with Crippen LogP contribution in [0.2, 0.25) is 0 Å². The Morgan fingerprint density at radius 3 is 2.84 bits per heavy atom. The van der Waals surface area contributed by atoms with Crippen LogP contribution in [0.15, 0.2) is 65.5 Å². The van der Waals surface area contributed by atoms with E-state index in [4.69, 9.17) is 4.74 Å². The number of likely N-dealkylation sites (N-methyl/N-ethyl adjacent to an activating group) is 1. The number of pyridine rings is 1.